The van der Waals surface area contributed by atoms with Crippen molar-refractivity contribution in [3.8, 4) is 0 Å². The molecule has 2 aliphatic rings. The van der Waals surface area contributed by atoms with Gasteiger partial charge in [0, 0.05) is 31.5 Å². The summed E-state index contributed by atoms with van der Waals surface area (Å²) in [7, 11) is -2.87. The zero-order valence-corrected chi connectivity index (χ0v) is 23.6. The maximum Gasteiger partial charge on any atom is 0.416 e. The normalized spacial score (nSPS) is 30.0. The van der Waals surface area contributed by atoms with E-state index in [2.05, 4.69) is 58.0 Å². The number of halogens is 3. The molecule has 0 bridgehead atoms. The molecule has 1 aromatic carbocycles. The zero-order chi connectivity index (χ0) is 25.4. The minimum absolute atomic E-state index is 0.132. The Morgan fingerprint density at radius 3 is 1.70 bits per heavy atom. The molecular weight excluding hydrogens is 459 g/mol. The lowest BCUT2D eigenvalue weighted by Gasteiger charge is -2.41. The van der Waals surface area contributed by atoms with Crippen molar-refractivity contribution >= 4 is 21.9 Å². The van der Waals surface area contributed by atoms with Crippen molar-refractivity contribution in [2.45, 2.75) is 81.9 Å². The molecule has 33 heavy (non-hydrogen) atoms. The average Bonchev–Trinajstić information content (AvgIpc) is 3.23. The third-order valence-corrected chi connectivity index (χ3v) is 14.9. The summed E-state index contributed by atoms with van der Waals surface area (Å²) >= 11 is 0. The number of nitrogens with zero attached hydrogens (tertiary/aromatic N) is 1. The Labute approximate surface area is 198 Å². The second-order valence-electron chi connectivity index (χ2n) is 11.4. The number of hydrogen-bond donors (Lipinski definition) is 0. The Morgan fingerprint density at radius 2 is 1.36 bits per heavy atom. The van der Waals surface area contributed by atoms with Crippen molar-refractivity contribution in [2.75, 3.05) is 20.2 Å². The highest BCUT2D eigenvalue weighted by Gasteiger charge is 3.00. The first-order valence-corrected chi connectivity index (χ1v) is 18.7. The molecule has 3 rings (SSSR count). The molecule has 1 fully saturated rings. The molecule has 0 amide bonds. The number of hydrogen-bond acceptors (Lipinski definition) is 3. The molecule has 0 radical (unpaired) electrons. The molecule has 0 N–H and O–H groups in total. The SMILES string of the molecule is CCN(CC)C1=C(C)C(=O)[C@]2([Si](C)(C)C)[C@](OC)(c3ccc(C(F)(F)F)cc3)[C@@]12[Si](C)(C)C. The molecule has 2 aliphatic carbocycles. The highest BCUT2D eigenvalue weighted by atomic mass is 28.3. The Balaban J connectivity index is 2.48. The number of carbonyl (C=O) groups excluding carboxylic acids is 1. The van der Waals surface area contributed by atoms with Crippen molar-refractivity contribution in [1.29, 1.82) is 0 Å². The molecule has 0 aromatic heterocycles. The number of Topliss-reactive ketones (excluding diaryl/α,β-unsaturated/α-hetero) is 1. The molecule has 3 nitrogen and oxygen atoms in total. The van der Waals surface area contributed by atoms with Gasteiger partial charge in [-0.15, -0.1) is 0 Å². The number of methoxy groups -OCH3 is 1. The van der Waals surface area contributed by atoms with Crippen molar-refractivity contribution in [3.05, 3.63) is 46.7 Å². The van der Waals surface area contributed by atoms with Gasteiger partial charge in [0.1, 0.15) is 5.60 Å². The van der Waals surface area contributed by atoms with E-state index in [4.69, 9.17) is 4.74 Å². The van der Waals surface area contributed by atoms with Crippen molar-refractivity contribution in [2.24, 2.45) is 0 Å². The summed E-state index contributed by atoms with van der Waals surface area (Å²) in [5.74, 6) is 0.132. The summed E-state index contributed by atoms with van der Waals surface area (Å²) in [5, 5.41) is -1.30. The van der Waals surface area contributed by atoms with E-state index in [1.807, 2.05) is 6.92 Å². The summed E-state index contributed by atoms with van der Waals surface area (Å²) < 4.78 is 46.6. The Kier molecular flexibility index (Phi) is 6.00. The number of ketones is 1. The molecule has 0 aliphatic heterocycles. The Bertz CT molecular complexity index is 987. The van der Waals surface area contributed by atoms with E-state index in [0.717, 1.165) is 36.5 Å². The van der Waals surface area contributed by atoms with Gasteiger partial charge in [0.2, 0.25) is 0 Å². The topological polar surface area (TPSA) is 29.5 Å². The number of allylic oxidation sites excluding steroid dienone is 1. The van der Waals surface area contributed by atoms with E-state index in [1.165, 1.54) is 0 Å². The van der Waals surface area contributed by atoms with Crippen molar-refractivity contribution in [1.82, 2.24) is 4.90 Å². The van der Waals surface area contributed by atoms with Crippen molar-refractivity contribution in [3.63, 3.8) is 0 Å². The van der Waals surface area contributed by atoms with Crippen LogP contribution in [-0.4, -0.2) is 47.0 Å². The third-order valence-electron chi connectivity index (χ3n) is 8.20. The van der Waals surface area contributed by atoms with E-state index >= 15 is 0 Å². The molecule has 0 unspecified atom stereocenters. The molecule has 0 heterocycles. The summed E-state index contributed by atoms with van der Waals surface area (Å²) in [6, 6.07) is 5.38. The zero-order valence-electron chi connectivity index (χ0n) is 21.6. The van der Waals surface area contributed by atoms with E-state index in [0.29, 0.717) is 5.56 Å². The van der Waals surface area contributed by atoms with Gasteiger partial charge in [0.05, 0.1) is 31.8 Å². The molecular formula is C25H38F3NO2Si2. The van der Waals surface area contributed by atoms with Gasteiger partial charge in [-0.1, -0.05) is 51.4 Å². The number of carbonyl (C=O) groups is 1. The Morgan fingerprint density at radius 1 is 0.909 bits per heavy atom. The standard InChI is InChI=1S/C25H38F3NO2Si2/c1-11-29(12-2)20-17(3)21(30)24(33(8,9)10)22(31-4,23(20,24)32(5,6)7)18-13-15-19(16-14-18)25(26,27)28/h13-16H,11-12H2,1-10H3/t22-,23-,24-/m0/s1. The molecule has 184 valence electrons. The summed E-state index contributed by atoms with van der Waals surface area (Å²) in [6.07, 6.45) is -4.41. The predicted molar refractivity (Wildman–Crippen MR) is 133 cm³/mol. The van der Waals surface area contributed by atoms with E-state index in [-0.39, 0.29) is 5.78 Å². The van der Waals surface area contributed by atoms with Gasteiger partial charge in [-0.2, -0.15) is 13.2 Å². The second kappa shape index (κ2) is 7.55. The predicted octanol–water partition coefficient (Wildman–Crippen LogP) is 6.92. The lowest BCUT2D eigenvalue weighted by Crippen LogP contribution is -2.44. The molecule has 0 spiro atoms. The fourth-order valence-corrected chi connectivity index (χ4v) is 17.5. The third kappa shape index (κ3) is 2.80. The number of rotatable bonds is 7. The first-order chi connectivity index (χ1) is 15.0. The van der Waals surface area contributed by atoms with E-state index < -0.39 is 43.6 Å². The Hall–Kier alpha value is -1.39. The van der Waals surface area contributed by atoms with Crippen LogP contribution >= 0.6 is 0 Å². The first kappa shape index (κ1) is 26.2. The van der Waals surface area contributed by atoms with Crippen LogP contribution in [0.1, 0.15) is 31.9 Å². The average molecular weight is 498 g/mol. The van der Waals surface area contributed by atoms with E-state index in [1.54, 1.807) is 19.2 Å². The molecule has 1 saturated carbocycles. The lowest BCUT2D eigenvalue weighted by atomic mass is 9.95. The first-order valence-electron chi connectivity index (χ1n) is 11.7. The number of alkyl halides is 3. The minimum Gasteiger partial charge on any atom is -0.375 e. The maximum absolute atomic E-state index is 14.4. The number of ether oxygens (including phenoxy) is 1. The fraction of sp³-hybridized carbons (Fsp3) is 0.640. The fourth-order valence-electron chi connectivity index (χ4n) is 7.52. The van der Waals surface area contributed by atoms with Crippen LogP contribution in [0, 0.1) is 0 Å². The molecule has 3 atom stereocenters. The molecule has 8 heteroatoms. The van der Waals surface area contributed by atoms with Gasteiger partial charge in [0.15, 0.2) is 5.78 Å². The smallest absolute Gasteiger partial charge is 0.375 e. The highest BCUT2D eigenvalue weighted by molar-refractivity contribution is 6.93. The number of benzene rings is 1. The van der Waals surface area contributed by atoms with Gasteiger partial charge < -0.3 is 9.64 Å². The van der Waals surface area contributed by atoms with E-state index in [9.17, 15) is 18.0 Å². The van der Waals surface area contributed by atoms with Crippen LogP contribution in [0.2, 0.25) is 49.4 Å². The monoisotopic (exact) mass is 497 g/mol. The quantitative estimate of drug-likeness (QED) is 0.383. The van der Waals surface area contributed by atoms with Gasteiger partial charge in [0.25, 0.3) is 0 Å². The van der Waals surface area contributed by atoms with Crippen LogP contribution in [0.15, 0.2) is 35.5 Å². The highest BCUT2D eigenvalue weighted by Crippen LogP contribution is 3.00. The molecule has 1 aromatic rings. The van der Waals surface area contributed by atoms with Gasteiger partial charge in [-0.25, -0.2) is 0 Å². The van der Waals surface area contributed by atoms with Crippen molar-refractivity contribution < 1.29 is 22.7 Å². The largest absolute Gasteiger partial charge is 0.416 e. The minimum atomic E-state index is -4.41. The van der Waals surface area contributed by atoms with Gasteiger partial charge >= 0.3 is 6.18 Å². The maximum atomic E-state index is 14.4. The number of fused-ring (bicyclic) bond motifs is 1. The van der Waals surface area contributed by atoms with Crippen LogP contribution in [0.4, 0.5) is 13.2 Å². The lowest BCUT2D eigenvalue weighted by molar-refractivity contribution is -0.137. The van der Waals surface area contributed by atoms with Crippen LogP contribution in [-0.2, 0) is 21.3 Å². The summed E-state index contributed by atoms with van der Waals surface area (Å²) in [5.41, 5.74) is 0.917. The summed E-state index contributed by atoms with van der Waals surface area (Å²) in [6.45, 7) is 21.1. The van der Waals surface area contributed by atoms with Gasteiger partial charge in [-0.05, 0) is 38.5 Å². The van der Waals surface area contributed by atoms with Crippen LogP contribution in [0.3, 0.4) is 0 Å². The van der Waals surface area contributed by atoms with Gasteiger partial charge in [-0.3, -0.25) is 4.79 Å². The second-order valence-corrected chi connectivity index (χ2v) is 21.9. The van der Waals surface area contributed by atoms with Crippen LogP contribution in [0.25, 0.3) is 0 Å². The molecule has 0 saturated heterocycles. The summed E-state index contributed by atoms with van der Waals surface area (Å²) in [4.78, 5) is 16.7. The van der Waals surface area contributed by atoms with Crippen LogP contribution < -0.4 is 0 Å². The van der Waals surface area contributed by atoms with Crippen LogP contribution in [0.5, 0.6) is 0 Å².